The maximum atomic E-state index is 11.6. The Morgan fingerprint density at radius 1 is 1.19 bits per heavy atom. The summed E-state index contributed by atoms with van der Waals surface area (Å²) in [5, 5.41) is 24.0. The fourth-order valence-electron chi connectivity index (χ4n) is 3.28. The molecule has 168 valence electrons. The van der Waals surface area contributed by atoms with Crippen molar-refractivity contribution in [1.82, 2.24) is 29.2 Å². The standard InChI is InChI=1S/C17H23N7O6S/c1-3-9-6-20-16(29-9)13-11(25)12(26)17(30-13)24-8-23-10-14(21-7-22-15(10)24)19-4-5-31(27,28)18-2/h6-8,11-13,17-18,25-26H,3-5H2,1-2H3,(H,19,21,22)/t11-,12+,13-,17+/m0/s1. The van der Waals surface area contributed by atoms with Gasteiger partial charge in [0.05, 0.1) is 18.3 Å². The molecule has 0 spiro atoms. The molecule has 0 amide bonds. The summed E-state index contributed by atoms with van der Waals surface area (Å²) in [6.45, 7) is 2.01. The van der Waals surface area contributed by atoms with Gasteiger partial charge < -0.3 is 24.7 Å². The van der Waals surface area contributed by atoms with Crippen molar-refractivity contribution in [2.24, 2.45) is 0 Å². The molecule has 0 unspecified atom stereocenters. The van der Waals surface area contributed by atoms with Gasteiger partial charge in [0.1, 0.15) is 24.3 Å². The summed E-state index contributed by atoms with van der Waals surface area (Å²) in [7, 11) is -2.03. The Labute approximate surface area is 177 Å². The minimum atomic E-state index is -3.37. The number of fused-ring (bicyclic) bond motifs is 1. The maximum Gasteiger partial charge on any atom is 0.226 e. The second-order valence-corrected chi connectivity index (χ2v) is 8.99. The number of oxazole rings is 1. The molecule has 0 bridgehead atoms. The fraction of sp³-hybridized carbons (Fsp3) is 0.529. The molecule has 14 heteroatoms. The Bertz CT molecular complexity index is 1160. The number of anilines is 1. The van der Waals surface area contributed by atoms with Crippen molar-refractivity contribution in [2.75, 3.05) is 24.7 Å². The molecule has 4 rings (SSSR count). The lowest BCUT2D eigenvalue weighted by atomic mass is 10.1. The van der Waals surface area contributed by atoms with Crippen molar-refractivity contribution in [2.45, 2.75) is 37.9 Å². The molecule has 0 radical (unpaired) electrons. The normalized spacial score (nSPS) is 24.1. The van der Waals surface area contributed by atoms with Crippen LogP contribution >= 0.6 is 0 Å². The highest BCUT2D eigenvalue weighted by Gasteiger charge is 2.47. The molecule has 13 nitrogen and oxygen atoms in total. The van der Waals surface area contributed by atoms with Gasteiger partial charge in [-0.1, -0.05) is 6.92 Å². The number of hydrogen-bond acceptors (Lipinski definition) is 11. The van der Waals surface area contributed by atoms with Crippen LogP contribution in [0.15, 0.2) is 23.3 Å². The number of sulfonamides is 1. The summed E-state index contributed by atoms with van der Waals surface area (Å²) in [6, 6.07) is 0. The van der Waals surface area contributed by atoms with Crippen LogP contribution in [-0.2, 0) is 21.2 Å². The number of hydrogen-bond donors (Lipinski definition) is 4. The van der Waals surface area contributed by atoms with Crippen LogP contribution in [0.25, 0.3) is 11.2 Å². The largest absolute Gasteiger partial charge is 0.443 e. The highest BCUT2D eigenvalue weighted by molar-refractivity contribution is 7.89. The van der Waals surface area contributed by atoms with E-state index in [1.54, 1.807) is 6.20 Å². The van der Waals surface area contributed by atoms with Crippen molar-refractivity contribution in [3.05, 3.63) is 30.5 Å². The first-order chi connectivity index (χ1) is 14.8. The van der Waals surface area contributed by atoms with Crippen LogP contribution in [0.1, 0.15) is 30.9 Å². The molecule has 0 aliphatic carbocycles. The number of aryl methyl sites for hydroxylation is 1. The molecule has 1 aliphatic rings. The van der Waals surface area contributed by atoms with Gasteiger partial charge in [0.25, 0.3) is 0 Å². The van der Waals surface area contributed by atoms with Gasteiger partial charge in [0.15, 0.2) is 29.3 Å². The van der Waals surface area contributed by atoms with E-state index in [2.05, 4.69) is 30.0 Å². The first-order valence-electron chi connectivity index (χ1n) is 9.63. The van der Waals surface area contributed by atoms with Crippen LogP contribution in [0, 0.1) is 0 Å². The van der Waals surface area contributed by atoms with E-state index in [4.69, 9.17) is 9.15 Å². The molecule has 1 fully saturated rings. The summed E-state index contributed by atoms with van der Waals surface area (Å²) >= 11 is 0. The van der Waals surface area contributed by atoms with Gasteiger partial charge in [-0.25, -0.2) is 33.1 Å². The summed E-state index contributed by atoms with van der Waals surface area (Å²) in [4.78, 5) is 16.7. The number of nitrogens with zero attached hydrogens (tertiary/aromatic N) is 5. The molecule has 3 aromatic heterocycles. The number of ether oxygens (including phenoxy) is 1. The number of aliphatic hydroxyl groups is 2. The Morgan fingerprint density at radius 2 is 2.00 bits per heavy atom. The average molecular weight is 453 g/mol. The van der Waals surface area contributed by atoms with E-state index in [9.17, 15) is 18.6 Å². The Hall–Kier alpha value is -2.65. The van der Waals surface area contributed by atoms with Crippen molar-refractivity contribution in [3.63, 3.8) is 0 Å². The summed E-state index contributed by atoms with van der Waals surface area (Å²) in [5.41, 5.74) is 0.704. The lowest BCUT2D eigenvalue weighted by Gasteiger charge is -2.16. The van der Waals surface area contributed by atoms with E-state index in [1.807, 2.05) is 6.92 Å². The lowest BCUT2D eigenvalue weighted by molar-refractivity contribution is -0.0439. The van der Waals surface area contributed by atoms with E-state index in [0.717, 1.165) is 0 Å². The van der Waals surface area contributed by atoms with Gasteiger partial charge in [-0.3, -0.25) is 4.57 Å². The van der Waals surface area contributed by atoms with E-state index < -0.39 is 34.6 Å². The van der Waals surface area contributed by atoms with Gasteiger partial charge >= 0.3 is 0 Å². The first kappa shape index (κ1) is 21.6. The molecule has 0 aromatic carbocycles. The van der Waals surface area contributed by atoms with Crippen molar-refractivity contribution in [1.29, 1.82) is 0 Å². The lowest BCUT2D eigenvalue weighted by Crippen LogP contribution is -2.29. The van der Waals surface area contributed by atoms with E-state index in [0.29, 0.717) is 29.2 Å². The third-order valence-electron chi connectivity index (χ3n) is 5.01. The van der Waals surface area contributed by atoms with Crippen LogP contribution in [0.2, 0.25) is 0 Å². The minimum Gasteiger partial charge on any atom is -0.443 e. The zero-order valence-electron chi connectivity index (χ0n) is 16.8. The van der Waals surface area contributed by atoms with Crippen LogP contribution < -0.4 is 10.0 Å². The monoisotopic (exact) mass is 453 g/mol. The van der Waals surface area contributed by atoms with Crippen LogP contribution in [0.3, 0.4) is 0 Å². The van der Waals surface area contributed by atoms with E-state index in [-0.39, 0.29) is 18.2 Å². The van der Waals surface area contributed by atoms with Crippen LogP contribution in [-0.4, -0.2) is 74.7 Å². The molecule has 31 heavy (non-hydrogen) atoms. The predicted molar refractivity (Wildman–Crippen MR) is 107 cm³/mol. The molecule has 4 N–H and O–H groups in total. The zero-order valence-corrected chi connectivity index (χ0v) is 17.7. The molecular formula is C17H23N7O6S. The van der Waals surface area contributed by atoms with Gasteiger partial charge in [-0.05, 0) is 7.05 Å². The summed E-state index contributed by atoms with van der Waals surface area (Å²) < 4.78 is 38.3. The number of rotatable bonds is 8. The van der Waals surface area contributed by atoms with E-state index >= 15 is 0 Å². The first-order valence-corrected chi connectivity index (χ1v) is 11.3. The number of nitrogens with one attached hydrogen (secondary N) is 2. The smallest absolute Gasteiger partial charge is 0.226 e. The van der Waals surface area contributed by atoms with Crippen molar-refractivity contribution < 1.29 is 27.8 Å². The molecule has 1 aliphatic heterocycles. The fourth-order valence-corrected chi connectivity index (χ4v) is 3.86. The molecule has 0 saturated carbocycles. The molecule has 3 aromatic rings. The Balaban J connectivity index is 1.57. The number of imidazole rings is 1. The highest BCUT2D eigenvalue weighted by Crippen LogP contribution is 2.39. The molecule has 4 atom stereocenters. The van der Waals surface area contributed by atoms with E-state index in [1.165, 1.54) is 24.3 Å². The van der Waals surface area contributed by atoms with Gasteiger partial charge in [-0.2, -0.15) is 0 Å². The SMILES string of the molecule is CCc1cnc([C@H]2O[C@@H](n3cnc4c(NCCS(=O)(=O)NC)ncnc43)[C@H](O)[C@@H]2O)o1. The Kier molecular flexibility index (Phi) is 5.90. The van der Waals surface area contributed by atoms with Crippen molar-refractivity contribution >= 4 is 27.0 Å². The third-order valence-corrected chi connectivity index (χ3v) is 6.37. The maximum absolute atomic E-state index is 11.6. The molecule has 1 saturated heterocycles. The second-order valence-electron chi connectivity index (χ2n) is 6.94. The summed E-state index contributed by atoms with van der Waals surface area (Å²) in [5.74, 6) is 1.00. The Morgan fingerprint density at radius 3 is 2.71 bits per heavy atom. The average Bonchev–Trinajstić information content (AvgIpc) is 3.47. The predicted octanol–water partition coefficient (Wildman–Crippen LogP) is -0.670. The number of aliphatic hydroxyl groups excluding tert-OH is 2. The molecule has 4 heterocycles. The number of aromatic nitrogens is 5. The summed E-state index contributed by atoms with van der Waals surface area (Å²) in [6.07, 6.45) is 0.381. The highest BCUT2D eigenvalue weighted by atomic mass is 32.2. The quantitative estimate of drug-likeness (QED) is 0.340. The van der Waals surface area contributed by atoms with Gasteiger partial charge in [0, 0.05) is 13.0 Å². The van der Waals surface area contributed by atoms with Gasteiger partial charge in [0.2, 0.25) is 15.9 Å². The van der Waals surface area contributed by atoms with Crippen LogP contribution in [0.5, 0.6) is 0 Å². The molecular weight excluding hydrogens is 430 g/mol. The zero-order chi connectivity index (χ0) is 22.2. The van der Waals surface area contributed by atoms with Gasteiger partial charge in [-0.15, -0.1) is 0 Å². The second kappa shape index (κ2) is 8.47. The topological polar surface area (TPSA) is 178 Å². The third kappa shape index (κ3) is 4.12. The minimum absolute atomic E-state index is 0.107. The van der Waals surface area contributed by atoms with Crippen LogP contribution in [0.4, 0.5) is 5.82 Å². The van der Waals surface area contributed by atoms with Crippen molar-refractivity contribution in [3.8, 4) is 0 Å².